The number of hydrogen-bond donors (Lipinski definition) is 1. The molecule has 0 saturated carbocycles. The monoisotopic (exact) mass is 691 g/mol. The molecule has 4 rings (SSSR count). The number of anilines is 1. The Bertz CT molecular complexity index is 1780. The summed E-state index contributed by atoms with van der Waals surface area (Å²) in [6.07, 6.45) is 0.213. The summed E-state index contributed by atoms with van der Waals surface area (Å²) in [4.78, 5) is 30.0. The number of carbonyl (C=O) groups excluding carboxylic acids is 2. The SMILES string of the molecule is COc1ccc(N(CC(=O)N(Cc2ccc(Cl)cc2)C(Cc2ccccc2)C(=O)NCC(C)C)S(=O)(=O)c2ccc(C)cc2)cc1OC. The van der Waals surface area contributed by atoms with Gasteiger partial charge in [0.25, 0.3) is 10.0 Å². The van der Waals surface area contributed by atoms with E-state index in [1.54, 1.807) is 48.5 Å². The lowest BCUT2D eigenvalue weighted by Gasteiger charge is -2.34. The molecule has 0 fully saturated rings. The molecule has 0 spiro atoms. The number of benzene rings is 4. The molecule has 1 atom stereocenters. The molecule has 0 aromatic heterocycles. The molecule has 48 heavy (non-hydrogen) atoms. The minimum absolute atomic E-state index is 0.00967. The second-order valence-corrected chi connectivity index (χ2v) is 14.2. The van der Waals surface area contributed by atoms with Crippen LogP contribution in [0, 0.1) is 12.8 Å². The van der Waals surface area contributed by atoms with Crippen LogP contribution in [0.4, 0.5) is 5.69 Å². The highest BCUT2D eigenvalue weighted by Gasteiger charge is 2.35. The molecule has 0 bridgehead atoms. The molecule has 0 saturated heterocycles. The van der Waals surface area contributed by atoms with Crippen molar-refractivity contribution in [3.63, 3.8) is 0 Å². The van der Waals surface area contributed by atoms with Gasteiger partial charge >= 0.3 is 0 Å². The lowest BCUT2D eigenvalue weighted by Crippen LogP contribution is -2.53. The Morgan fingerprint density at radius 2 is 1.48 bits per heavy atom. The molecular weight excluding hydrogens is 650 g/mol. The van der Waals surface area contributed by atoms with Gasteiger partial charge in [-0.1, -0.05) is 85.6 Å². The van der Waals surface area contributed by atoms with Gasteiger partial charge in [-0.25, -0.2) is 8.42 Å². The van der Waals surface area contributed by atoms with Crippen LogP contribution < -0.4 is 19.1 Å². The number of nitrogens with one attached hydrogen (secondary N) is 1. The van der Waals surface area contributed by atoms with Crippen molar-refractivity contribution in [1.29, 1.82) is 0 Å². The number of nitrogens with zero attached hydrogens (tertiary/aromatic N) is 2. The lowest BCUT2D eigenvalue weighted by atomic mass is 10.0. The van der Waals surface area contributed by atoms with Crippen LogP contribution in [0.15, 0.2) is 102 Å². The molecule has 254 valence electrons. The van der Waals surface area contributed by atoms with Crippen molar-refractivity contribution in [3.05, 3.63) is 119 Å². The zero-order valence-electron chi connectivity index (χ0n) is 27.9. The van der Waals surface area contributed by atoms with Crippen molar-refractivity contribution < 1.29 is 27.5 Å². The molecule has 0 aliphatic heterocycles. The van der Waals surface area contributed by atoms with Crippen LogP contribution >= 0.6 is 11.6 Å². The van der Waals surface area contributed by atoms with E-state index in [1.165, 1.54) is 37.3 Å². The molecule has 1 unspecified atom stereocenters. The van der Waals surface area contributed by atoms with Gasteiger partial charge in [0, 0.05) is 30.6 Å². The zero-order valence-corrected chi connectivity index (χ0v) is 29.4. The average molecular weight is 692 g/mol. The number of methoxy groups -OCH3 is 2. The normalized spacial score (nSPS) is 11.9. The van der Waals surface area contributed by atoms with Crippen molar-refractivity contribution in [3.8, 4) is 11.5 Å². The number of carbonyl (C=O) groups is 2. The number of halogens is 1. The minimum Gasteiger partial charge on any atom is -0.493 e. The predicted octanol–water partition coefficient (Wildman–Crippen LogP) is 6.27. The molecule has 2 amide bonds. The van der Waals surface area contributed by atoms with Crippen molar-refractivity contribution >= 4 is 39.1 Å². The van der Waals surface area contributed by atoms with E-state index < -0.39 is 28.5 Å². The van der Waals surface area contributed by atoms with Gasteiger partial charge in [0.05, 0.1) is 24.8 Å². The van der Waals surface area contributed by atoms with E-state index in [2.05, 4.69) is 5.32 Å². The van der Waals surface area contributed by atoms with E-state index in [0.717, 1.165) is 21.0 Å². The second-order valence-electron chi connectivity index (χ2n) is 11.9. The molecule has 9 nitrogen and oxygen atoms in total. The molecule has 1 N–H and O–H groups in total. The van der Waals surface area contributed by atoms with Crippen LogP contribution in [0.2, 0.25) is 5.02 Å². The quantitative estimate of drug-likeness (QED) is 0.158. The average Bonchev–Trinajstić information content (AvgIpc) is 3.08. The largest absolute Gasteiger partial charge is 0.493 e. The van der Waals surface area contributed by atoms with Gasteiger partial charge in [0.15, 0.2) is 11.5 Å². The first-order chi connectivity index (χ1) is 22.9. The number of aryl methyl sites for hydroxylation is 1. The topological polar surface area (TPSA) is 105 Å². The van der Waals surface area contributed by atoms with Crippen molar-refractivity contribution in [2.75, 3.05) is 31.6 Å². The first-order valence-corrected chi connectivity index (χ1v) is 17.4. The molecule has 4 aromatic rings. The van der Waals surface area contributed by atoms with Gasteiger partial charge in [-0.15, -0.1) is 0 Å². The fourth-order valence-electron chi connectivity index (χ4n) is 5.11. The summed E-state index contributed by atoms with van der Waals surface area (Å²) in [5, 5.41) is 3.51. The van der Waals surface area contributed by atoms with Crippen molar-refractivity contribution in [2.24, 2.45) is 5.92 Å². The maximum Gasteiger partial charge on any atom is 0.264 e. The van der Waals surface area contributed by atoms with Gasteiger partial charge < -0.3 is 19.7 Å². The van der Waals surface area contributed by atoms with E-state index in [1.807, 2.05) is 51.1 Å². The molecular formula is C37H42ClN3O6S. The summed E-state index contributed by atoms with van der Waals surface area (Å²) in [5.41, 5.74) is 2.64. The highest BCUT2D eigenvalue weighted by molar-refractivity contribution is 7.92. The van der Waals surface area contributed by atoms with Crippen LogP contribution in [-0.2, 0) is 32.6 Å². The summed E-state index contributed by atoms with van der Waals surface area (Å²) in [7, 11) is -1.35. The van der Waals surface area contributed by atoms with Crippen LogP contribution in [0.3, 0.4) is 0 Å². The van der Waals surface area contributed by atoms with Gasteiger partial charge in [0.2, 0.25) is 11.8 Å². The summed E-state index contributed by atoms with van der Waals surface area (Å²) < 4.78 is 40.5. The Kier molecular flexibility index (Phi) is 12.5. The Morgan fingerprint density at radius 3 is 2.08 bits per heavy atom. The Labute approximate surface area is 288 Å². The van der Waals surface area contributed by atoms with Crippen LogP contribution in [-0.4, -0.2) is 58.5 Å². The molecule has 0 aliphatic carbocycles. The van der Waals surface area contributed by atoms with E-state index in [-0.39, 0.29) is 35.4 Å². The van der Waals surface area contributed by atoms with Gasteiger partial charge in [0.1, 0.15) is 12.6 Å². The summed E-state index contributed by atoms with van der Waals surface area (Å²) >= 11 is 6.17. The van der Waals surface area contributed by atoms with Gasteiger partial charge in [-0.3, -0.25) is 13.9 Å². The smallest absolute Gasteiger partial charge is 0.264 e. The fourth-order valence-corrected chi connectivity index (χ4v) is 6.64. The van der Waals surface area contributed by atoms with E-state index in [9.17, 15) is 18.0 Å². The summed E-state index contributed by atoms with van der Waals surface area (Å²) in [5.74, 6) is -0.0501. The van der Waals surface area contributed by atoms with Crippen molar-refractivity contribution in [2.45, 2.75) is 44.7 Å². The van der Waals surface area contributed by atoms with E-state index in [4.69, 9.17) is 21.1 Å². The molecule has 0 heterocycles. The maximum absolute atomic E-state index is 14.6. The molecule has 11 heteroatoms. The van der Waals surface area contributed by atoms with Crippen LogP contribution in [0.5, 0.6) is 11.5 Å². The third-order valence-corrected chi connectivity index (χ3v) is 9.80. The molecule has 4 aromatic carbocycles. The van der Waals surface area contributed by atoms with E-state index >= 15 is 0 Å². The second kappa shape index (κ2) is 16.5. The first kappa shape index (κ1) is 36.3. The fraction of sp³-hybridized carbons (Fsp3) is 0.297. The van der Waals surface area contributed by atoms with Gasteiger partial charge in [-0.2, -0.15) is 0 Å². The van der Waals surface area contributed by atoms with E-state index in [0.29, 0.717) is 23.1 Å². The number of ether oxygens (including phenoxy) is 2. The summed E-state index contributed by atoms with van der Waals surface area (Å²) in [6.45, 7) is 5.68. The first-order valence-electron chi connectivity index (χ1n) is 15.6. The highest BCUT2D eigenvalue weighted by atomic mass is 35.5. The maximum atomic E-state index is 14.6. The standard InChI is InChI=1S/C37H42ClN3O6S/c1-26(2)23-39-37(43)33(21-28-9-7-6-8-10-28)40(24-29-13-15-30(38)16-14-29)36(42)25-41(31-17-20-34(46-4)35(22-31)47-5)48(44,45)32-18-11-27(3)12-19-32/h6-20,22,26,33H,21,23-25H2,1-5H3,(H,39,43). The minimum atomic E-state index is -4.28. The molecule has 0 radical (unpaired) electrons. The summed E-state index contributed by atoms with van der Waals surface area (Å²) in [6, 6.07) is 26.5. The molecule has 0 aliphatic rings. The number of rotatable bonds is 15. The van der Waals surface area contributed by atoms with Crippen LogP contribution in [0.25, 0.3) is 0 Å². The van der Waals surface area contributed by atoms with Gasteiger partial charge in [-0.05, 0) is 60.4 Å². The predicted molar refractivity (Wildman–Crippen MR) is 189 cm³/mol. The third-order valence-electron chi connectivity index (χ3n) is 7.76. The number of amides is 2. The Hall–Kier alpha value is -4.54. The number of hydrogen-bond acceptors (Lipinski definition) is 6. The Morgan fingerprint density at radius 1 is 0.833 bits per heavy atom. The lowest BCUT2D eigenvalue weighted by molar-refractivity contribution is -0.140. The highest BCUT2D eigenvalue weighted by Crippen LogP contribution is 2.34. The number of sulfonamides is 1. The third kappa shape index (κ3) is 9.29. The van der Waals surface area contributed by atoms with Crippen LogP contribution in [0.1, 0.15) is 30.5 Å². The Balaban J connectivity index is 1.83. The van der Waals surface area contributed by atoms with Crippen molar-refractivity contribution in [1.82, 2.24) is 10.2 Å². The zero-order chi connectivity index (χ0) is 34.8.